The fourth-order valence-electron chi connectivity index (χ4n) is 3.43. The summed E-state index contributed by atoms with van der Waals surface area (Å²) >= 11 is 3.35. The van der Waals surface area contributed by atoms with Crippen LogP contribution in [0.3, 0.4) is 0 Å². The van der Waals surface area contributed by atoms with E-state index in [1.807, 2.05) is 6.07 Å². The van der Waals surface area contributed by atoms with Gasteiger partial charge >= 0.3 is 5.97 Å². The fraction of sp³-hybridized carbons (Fsp3) is 0.120. The first-order chi connectivity index (χ1) is 15.4. The molecule has 32 heavy (non-hydrogen) atoms. The van der Waals surface area contributed by atoms with Crippen molar-refractivity contribution in [3.8, 4) is 23.0 Å². The number of ether oxygens (including phenoxy) is 4. The molecule has 3 aromatic rings. The van der Waals surface area contributed by atoms with Gasteiger partial charge < -0.3 is 18.9 Å². The Hall–Kier alpha value is -3.58. The molecular formula is C25H19BrO6. The summed E-state index contributed by atoms with van der Waals surface area (Å²) in [6.07, 6.45) is 1.61. The minimum absolute atomic E-state index is 0.143. The summed E-state index contributed by atoms with van der Waals surface area (Å²) in [5, 5.41) is 0. The van der Waals surface area contributed by atoms with E-state index in [2.05, 4.69) is 15.9 Å². The minimum Gasteiger partial charge on any atom is -0.493 e. The molecule has 0 aromatic heterocycles. The van der Waals surface area contributed by atoms with Gasteiger partial charge in [-0.15, -0.1) is 0 Å². The SMILES string of the molecule is COc1cccc(/C=C2\Oc3c(ccc(OC(=O)c4ccccc4Br)c3C)C2=O)c1OC. The number of carbonyl (C=O) groups excluding carboxylic acids is 2. The average molecular weight is 495 g/mol. The maximum Gasteiger partial charge on any atom is 0.344 e. The van der Waals surface area contributed by atoms with Crippen molar-refractivity contribution >= 4 is 33.8 Å². The van der Waals surface area contributed by atoms with Crippen molar-refractivity contribution in [3.63, 3.8) is 0 Å². The van der Waals surface area contributed by atoms with Crippen LogP contribution in [-0.2, 0) is 0 Å². The highest BCUT2D eigenvalue weighted by Gasteiger charge is 2.31. The zero-order chi connectivity index (χ0) is 22.8. The first-order valence-corrected chi connectivity index (χ1v) is 10.5. The standard InChI is InChI=1S/C25H19BrO6/c1-14-19(32-25(28)16-8-4-5-9-18(16)26)12-11-17-22(27)21(31-23(14)17)13-15-7-6-10-20(29-2)24(15)30-3/h4-13H,1-3H3/b21-13-. The first-order valence-electron chi connectivity index (χ1n) is 9.70. The molecule has 1 heterocycles. The van der Waals surface area contributed by atoms with Crippen LogP contribution in [0.2, 0.25) is 0 Å². The number of para-hydroxylation sites is 1. The molecule has 6 nitrogen and oxygen atoms in total. The zero-order valence-electron chi connectivity index (χ0n) is 17.6. The molecule has 0 spiro atoms. The number of esters is 1. The summed E-state index contributed by atoms with van der Waals surface area (Å²) in [7, 11) is 3.07. The number of carbonyl (C=O) groups is 2. The summed E-state index contributed by atoms with van der Waals surface area (Å²) < 4.78 is 22.8. The molecule has 1 aliphatic rings. The lowest BCUT2D eigenvalue weighted by atomic mass is 10.1. The van der Waals surface area contributed by atoms with Gasteiger partial charge in [-0.1, -0.05) is 24.3 Å². The Balaban J connectivity index is 1.65. The van der Waals surface area contributed by atoms with E-state index in [4.69, 9.17) is 18.9 Å². The van der Waals surface area contributed by atoms with Gasteiger partial charge in [-0.2, -0.15) is 0 Å². The third kappa shape index (κ3) is 3.87. The van der Waals surface area contributed by atoms with Crippen LogP contribution in [0, 0.1) is 6.92 Å². The minimum atomic E-state index is -0.512. The van der Waals surface area contributed by atoms with Crippen LogP contribution >= 0.6 is 15.9 Å². The van der Waals surface area contributed by atoms with Crippen molar-refractivity contribution in [2.75, 3.05) is 14.2 Å². The van der Waals surface area contributed by atoms with Gasteiger partial charge in [0.25, 0.3) is 0 Å². The molecule has 0 bridgehead atoms. The number of ketones is 1. The topological polar surface area (TPSA) is 71.1 Å². The van der Waals surface area contributed by atoms with E-state index in [0.29, 0.717) is 49.7 Å². The van der Waals surface area contributed by atoms with Crippen LogP contribution in [0.25, 0.3) is 6.08 Å². The van der Waals surface area contributed by atoms with E-state index in [0.717, 1.165) is 0 Å². The lowest BCUT2D eigenvalue weighted by Crippen LogP contribution is -2.10. The second kappa shape index (κ2) is 8.88. The number of allylic oxidation sites excluding steroid dienone is 1. The summed E-state index contributed by atoms with van der Waals surface area (Å²) in [5.74, 6) is 1.08. The lowest BCUT2D eigenvalue weighted by molar-refractivity contribution is 0.0732. The highest BCUT2D eigenvalue weighted by molar-refractivity contribution is 9.10. The van der Waals surface area contributed by atoms with Gasteiger partial charge in [0.2, 0.25) is 5.78 Å². The fourth-order valence-corrected chi connectivity index (χ4v) is 3.87. The molecule has 0 N–H and O–H groups in total. The number of benzene rings is 3. The smallest absolute Gasteiger partial charge is 0.344 e. The van der Waals surface area contributed by atoms with Crippen LogP contribution in [0.4, 0.5) is 0 Å². The number of hydrogen-bond acceptors (Lipinski definition) is 6. The second-order valence-electron chi connectivity index (χ2n) is 6.96. The quantitative estimate of drug-likeness (QED) is 0.260. The molecule has 162 valence electrons. The normalized spacial score (nSPS) is 13.5. The van der Waals surface area contributed by atoms with Gasteiger partial charge in [0.1, 0.15) is 11.5 Å². The Morgan fingerprint density at radius 1 is 0.969 bits per heavy atom. The summed E-state index contributed by atoms with van der Waals surface area (Å²) in [6.45, 7) is 1.74. The van der Waals surface area contributed by atoms with E-state index in [1.165, 1.54) is 7.11 Å². The van der Waals surface area contributed by atoms with E-state index in [1.54, 1.807) is 68.6 Å². The van der Waals surface area contributed by atoms with E-state index in [9.17, 15) is 9.59 Å². The van der Waals surface area contributed by atoms with Crippen molar-refractivity contribution in [1.29, 1.82) is 0 Å². The molecule has 7 heteroatoms. The molecule has 0 amide bonds. The molecule has 3 aromatic carbocycles. The van der Waals surface area contributed by atoms with Gasteiger partial charge in [-0.3, -0.25) is 4.79 Å². The molecule has 0 aliphatic carbocycles. The van der Waals surface area contributed by atoms with Crippen LogP contribution in [0.15, 0.2) is 64.8 Å². The molecule has 0 fully saturated rings. The third-order valence-corrected chi connectivity index (χ3v) is 5.74. The van der Waals surface area contributed by atoms with Crippen molar-refractivity contribution in [2.45, 2.75) is 6.92 Å². The summed E-state index contributed by atoms with van der Waals surface area (Å²) in [4.78, 5) is 25.5. The number of fused-ring (bicyclic) bond motifs is 1. The number of hydrogen-bond donors (Lipinski definition) is 0. The summed E-state index contributed by atoms with van der Waals surface area (Å²) in [6, 6.07) is 15.5. The number of Topliss-reactive ketones (excluding diaryl/α,β-unsaturated/α-hetero) is 1. The molecular weight excluding hydrogens is 476 g/mol. The Bertz CT molecular complexity index is 1260. The molecule has 0 saturated carbocycles. The van der Waals surface area contributed by atoms with Crippen LogP contribution in [-0.4, -0.2) is 26.0 Å². The van der Waals surface area contributed by atoms with E-state index >= 15 is 0 Å². The molecule has 0 atom stereocenters. The Morgan fingerprint density at radius 3 is 2.47 bits per heavy atom. The Kier molecular flexibility index (Phi) is 6.01. The molecule has 0 saturated heterocycles. The largest absolute Gasteiger partial charge is 0.493 e. The zero-order valence-corrected chi connectivity index (χ0v) is 19.2. The third-order valence-electron chi connectivity index (χ3n) is 5.05. The van der Waals surface area contributed by atoms with Gasteiger partial charge in [-0.25, -0.2) is 4.79 Å². The predicted molar refractivity (Wildman–Crippen MR) is 123 cm³/mol. The maximum absolute atomic E-state index is 12.9. The molecule has 0 radical (unpaired) electrons. The van der Waals surface area contributed by atoms with Gasteiger partial charge in [0.15, 0.2) is 17.3 Å². The highest BCUT2D eigenvalue weighted by atomic mass is 79.9. The van der Waals surface area contributed by atoms with Crippen molar-refractivity contribution in [1.82, 2.24) is 0 Å². The van der Waals surface area contributed by atoms with Crippen molar-refractivity contribution in [2.24, 2.45) is 0 Å². The first kappa shape index (κ1) is 21.6. The molecule has 1 aliphatic heterocycles. The van der Waals surface area contributed by atoms with E-state index in [-0.39, 0.29) is 11.5 Å². The molecule has 4 rings (SSSR count). The van der Waals surface area contributed by atoms with Crippen molar-refractivity contribution in [3.05, 3.63) is 87.1 Å². The van der Waals surface area contributed by atoms with E-state index < -0.39 is 5.97 Å². The van der Waals surface area contributed by atoms with Gasteiger partial charge in [0, 0.05) is 15.6 Å². The predicted octanol–water partition coefficient (Wildman–Crippen LogP) is 5.61. The highest BCUT2D eigenvalue weighted by Crippen LogP contribution is 2.41. The van der Waals surface area contributed by atoms with Crippen LogP contribution < -0.4 is 18.9 Å². The van der Waals surface area contributed by atoms with Crippen LogP contribution in [0.5, 0.6) is 23.0 Å². The van der Waals surface area contributed by atoms with Gasteiger partial charge in [0.05, 0.1) is 25.3 Å². The van der Waals surface area contributed by atoms with Crippen molar-refractivity contribution < 1.29 is 28.5 Å². The Labute approximate surface area is 193 Å². The average Bonchev–Trinajstić information content (AvgIpc) is 3.11. The number of methoxy groups -OCH3 is 2. The second-order valence-corrected chi connectivity index (χ2v) is 7.81. The Morgan fingerprint density at radius 2 is 1.75 bits per heavy atom. The molecule has 0 unspecified atom stereocenters. The summed E-state index contributed by atoms with van der Waals surface area (Å²) in [5.41, 5.74) is 1.99. The lowest BCUT2D eigenvalue weighted by Gasteiger charge is -2.11. The van der Waals surface area contributed by atoms with Crippen LogP contribution in [0.1, 0.15) is 31.8 Å². The number of rotatable bonds is 5. The van der Waals surface area contributed by atoms with Gasteiger partial charge in [-0.05, 0) is 59.3 Å². The monoisotopic (exact) mass is 494 g/mol. The maximum atomic E-state index is 12.9. The number of halogens is 1.